The van der Waals surface area contributed by atoms with E-state index in [4.69, 9.17) is 9.52 Å². The van der Waals surface area contributed by atoms with E-state index < -0.39 is 0 Å². The Kier molecular flexibility index (Phi) is 8.80. The van der Waals surface area contributed by atoms with Gasteiger partial charge in [0.1, 0.15) is 5.76 Å². The standard InChI is InChI=1S/C19H35N5O/c1-4-17-16(18(5-2)25-23-17)15-22-19(20-6-3)21-11-7-8-12-24-13-9-10-14-24/h4-15H2,1-3H3,(H2,20,21,22). The molecule has 1 aromatic rings. The zero-order valence-electron chi connectivity index (χ0n) is 16.2. The van der Waals surface area contributed by atoms with Gasteiger partial charge in [0.2, 0.25) is 0 Å². The molecule has 0 spiro atoms. The maximum Gasteiger partial charge on any atom is 0.191 e. The smallest absolute Gasteiger partial charge is 0.191 e. The van der Waals surface area contributed by atoms with Crippen molar-refractivity contribution in [2.24, 2.45) is 4.99 Å². The fourth-order valence-electron chi connectivity index (χ4n) is 3.29. The third kappa shape index (κ3) is 6.34. The van der Waals surface area contributed by atoms with Gasteiger partial charge in [-0.15, -0.1) is 0 Å². The molecule has 1 aromatic heterocycles. The van der Waals surface area contributed by atoms with Gasteiger partial charge in [-0.05, 0) is 58.7 Å². The fourth-order valence-corrected chi connectivity index (χ4v) is 3.29. The molecule has 142 valence electrons. The molecule has 0 atom stereocenters. The van der Waals surface area contributed by atoms with Gasteiger partial charge in [0.05, 0.1) is 12.2 Å². The molecule has 6 nitrogen and oxygen atoms in total. The Labute approximate surface area is 152 Å². The molecule has 25 heavy (non-hydrogen) atoms. The summed E-state index contributed by atoms with van der Waals surface area (Å²) >= 11 is 0. The van der Waals surface area contributed by atoms with Crippen molar-refractivity contribution in [2.75, 3.05) is 32.7 Å². The summed E-state index contributed by atoms with van der Waals surface area (Å²) < 4.78 is 5.43. The molecule has 1 aliphatic rings. The number of aryl methyl sites for hydroxylation is 2. The third-order valence-corrected chi connectivity index (χ3v) is 4.74. The van der Waals surface area contributed by atoms with Crippen molar-refractivity contribution < 1.29 is 4.52 Å². The number of aromatic nitrogens is 1. The number of nitrogens with zero attached hydrogens (tertiary/aromatic N) is 3. The van der Waals surface area contributed by atoms with Gasteiger partial charge in [0.15, 0.2) is 5.96 Å². The van der Waals surface area contributed by atoms with Gasteiger partial charge in [-0.25, -0.2) is 4.99 Å². The lowest BCUT2D eigenvalue weighted by atomic mass is 10.1. The molecule has 0 radical (unpaired) electrons. The summed E-state index contributed by atoms with van der Waals surface area (Å²) in [7, 11) is 0. The summed E-state index contributed by atoms with van der Waals surface area (Å²) in [4.78, 5) is 7.31. The van der Waals surface area contributed by atoms with Gasteiger partial charge in [0, 0.05) is 25.1 Å². The SMILES string of the molecule is CCNC(=NCc1c(CC)noc1CC)NCCCCN1CCCC1. The molecular formula is C19H35N5O. The first kappa shape index (κ1) is 19.8. The van der Waals surface area contributed by atoms with E-state index >= 15 is 0 Å². The Morgan fingerprint density at radius 2 is 1.92 bits per heavy atom. The van der Waals surface area contributed by atoms with E-state index in [0.717, 1.165) is 48.9 Å². The first-order valence-electron chi connectivity index (χ1n) is 9.99. The Balaban J connectivity index is 1.78. The molecule has 0 aromatic carbocycles. The lowest BCUT2D eigenvalue weighted by Crippen LogP contribution is -2.38. The Morgan fingerprint density at radius 3 is 2.60 bits per heavy atom. The number of guanidine groups is 1. The number of hydrogen-bond donors (Lipinski definition) is 2. The molecule has 1 saturated heterocycles. The number of unbranched alkanes of at least 4 members (excludes halogenated alkanes) is 1. The lowest BCUT2D eigenvalue weighted by molar-refractivity contribution is 0.330. The highest BCUT2D eigenvalue weighted by atomic mass is 16.5. The van der Waals surface area contributed by atoms with Crippen LogP contribution in [0.3, 0.4) is 0 Å². The van der Waals surface area contributed by atoms with E-state index in [1.54, 1.807) is 0 Å². The van der Waals surface area contributed by atoms with Crippen molar-refractivity contribution in [3.8, 4) is 0 Å². The minimum absolute atomic E-state index is 0.624. The van der Waals surface area contributed by atoms with Crippen LogP contribution in [0.2, 0.25) is 0 Å². The highest BCUT2D eigenvalue weighted by Crippen LogP contribution is 2.16. The Bertz CT molecular complexity index is 498. The number of likely N-dealkylation sites (tertiary alicyclic amines) is 1. The van der Waals surface area contributed by atoms with Crippen LogP contribution < -0.4 is 10.6 Å². The number of nitrogens with one attached hydrogen (secondary N) is 2. The minimum atomic E-state index is 0.624. The zero-order valence-corrected chi connectivity index (χ0v) is 16.2. The topological polar surface area (TPSA) is 65.7 Å². The van der Waals surface area contributed by atoms with E-state index in [9.17, 15) is 0 Å². The first-order valence-corrected chi connectivity index (χ1v) is 9.99. The molecule has 0 amide bonds. The molecule has 2 N–H and O–H groups in total. The predicted octanol–water partition coefficient (Wildman–Crippen LogP) is 2.73. The lowest BCUT2D eigenvalue weighted by Gasteiger charge is -2.15. The molecule has 1 fully saturated rings. The Morgan fingerprint density at radius 1 is 1.12 bits per heavy atom. The highest BCUT2D eigenvalue weighted by molar-refractivity contribution is 5.79. The van der Waals surface area contributed by atoms with Crippen molar-refractivity contribution in [3.63, 3.8) is 0 Å². The maximum absolute atomic E-state index is 5.43. The van der Waals surface area contributed by atoms with Crippen molar-refractivity contribution in [1.29, 1.82) is 0 Å². The molecule has 6 heteroatoms. The summed E-state index contributed by atoms with van der Waals surface area (Å²) in [5, 5.41) is 10.9. The van der Waals surface area contributed by atoms with Crippen LogP contribution in [0.4, 0.5) is 0 Å². The molecule has 2 rings (SSSR count). The van der Waals surface area contributed by atoms with Crippen molar-refractivity contribution in [2.45, 2.75) is 65.8 Å². The average molecular weight is 350 g/mol. The van der Waals surface area contributed by atoms with Crippen molar-refractivity contribution in [3.05, 3.63) is 17.0 Å². The molecule has 2 heterocycles. The van der Waals surface area contributed by atoms with Gasteiger partial charge < -0.3 is 20.1 Å². The van der Waals surface area contributed by atoms with E-state index in [1.165, 1.54) is 45.3 Å². The predicted molar refractivity (Wildman–Crippen MR) is 103 cm³/mol. The molecular weight excluding hydrogens is 314 g/mol. The number of rotatable bonds is 10. The van der Waals surface area contributed by atoms with E-state index in [-0.39, 0.29) is 0 Å². The summed E-state index contributed by atoms with van der Waals surface area (Å²) in [5.41, 5.74) is 2.18. The highest BCUT2D eigenvalue weighted by Gasteiger charge is 2.13. The fraction of sp³-hybridized carbons (Fsp3) is 0.789. The van der Waals surface area contributed by atoms with Gasteiger partial charge in [-0.2, -0.15) is 0 Å². The van der Waals surface area contributed by atoms with E-state index in [2.05, 4.69) is 41.5 Å². The van der Waals surface area contributed by atoms with Crippen LogP contribution in [0.1, 0.15) is 63.5 Å². The largest absolute Gasteiger partial charge is 0.361 e. The normalized spacial score (nSPS) is 15.7. The van der Waals surface area contributed by atoms with Crippen LogP contribution in [0.25, 0.3) is 0 Å². The number of hydrogen-bond acceptors (Lipinski definition) is 4. The summed E-state index contributed by atoms with van der Waals surface area (Å²) in [5.74, 6) is 1.84. The third-order valence-electron chi connectivity index (χ3n) is 4.74. The average Bonchev–Trinajstić information content (AvgIpc) is 3.28. The summed E-state index contributed by atoms with van der Waals surface area (Å²) in [6.45, 7) is 12.6. The molecule has 0 unspecified atom stereocenters. The summed E-state index contributed by atoms with van der Waals surface area (Å²) in [6.07, 6.45) is 6.91. The molecule has 1 aliphatic heterocycles. The van der Waals surface area contributed by atoms with Gasteiger partial charge in [-0.1, -0.05) is 19.0 Å². The summed E-state index contributed by atoms with van der Waals surface area (Å²) in [6, 6.07) is 0. The van der Waals surface area contributed by atoms with Crippen LogP contribution in [0.15, 0.2) is 9.52 Å². The minimum Gasteiger partial charge on any atom is -0.361 e. The van der Waals surface area contributed by atoms with E-state index in [0.29, 0.717) is 6.54 Å². The molecule has 0 aliphatic carbocycles. The van der Waals surface area contributed by atoms with Crippen molar-refractivity contribution in [1.82, 2.24) is 20.7 Å². The van der Waals surface area contributed by atoms with Crippen LogP contribution >= 0.6 is 0 Å². The van der Waals surface area contributed by atoms with Crippen LogP contribution in [0.5, 0.6) is 0 Å². The van der Waals surface area contributed by atoms with Crippen LogP contribution in [0, 0.1) is 0 Å². The second kappa shape index (κ2) is 11.1. The van der Waals surface area contributed by atoms with Crippen LogP contribution in [-0.4, -0.2) is 48.7 Å². The van der Waals surface area contributed by atoms with Gasteiger partial charge in [-0.3, -0.25) is 0 Å². The first-order chi connectivity index (χ1) is 12.3. The molecule has 0 bridgehead atoms. The van der Waals surface area contributed by atoms with E-state index in [1.807, 2.05) is 0 Å². The quantitative estimate of drug-likeness (QED) is 0.386. The van der Waals surface area contributed by atoms with Gasteiger partial charge in [0.25, 0.3) is 0 Å². The van der Waals surface area contributed by atoms with Gasteiger partial charge >= 0.3 is 0 Å². The number of aliphatic imine (C=N–C) groups is 1. The zero-order chi connectivity index (χ0) is 17.9. The van der Waals surface area contributed by atoms with Crippen LogP contribution in [-0.2, 0) is 19.4 Å². The second-order valence-corrected chi connectivity index (χ2v) is 6.62. The second-order valence-electron chi connectivity index (χ2n) is 6.62. The molecule has 0 saturated carbocycles. The maximum atomic E-state index is 5.43. The Hall–Kier alpha value is -1.56. The monoisotopic (exact) mass is 349 g/mol. The van der Waals surface area contributed by atoms with Crippen molar-refractivity contribution >= 4 is 5.96 Å².